The van der Waals surface area contributed by atoms with E-state index in [0.717, 1.165) is 29.9 Å². The number of anilines is 3. The maximum atomic E-state index is 2.47. The molecule has 0 bridgehead atoms. The van der Waals surface area contributed by atoms with E-state index in [0.29, 0.717) is 0 Å². The van der Waals surface area contributed by atoms with Gasteiger partial charge >= 0.3 is 0 Å². The van der Waals surface area contributed by atoms with Crippen LogP contribution < -0.4 is 4.90 Å². The molecule has 0 N–H and O–H groups in total. The van der Waals surface area contributed by atoms with Crippen molar-refractivity contribution in [2.24, 2.45) is 0 Å². The summed E-state index contributed by atoms with van der Waals surface area (Å²) in [5.74, 6) is 0. The van der Waals surface area contributed by atoms with E-state index >= 15 is 0 Å². The van der Waals surface area contributed by atoms with Crippen molar-refractivity contribution in [2.75, 3.05) is 4.90 Å². The molecule has 1 heteroatoms. The SMILES string of the molecule is C1=CC2=C(CC1)C(c1ccccc1)(c1ccccc1)c1cc(N(c3ccccc3)c3ccc(-c4ccc(-c5ccc6ccccc6c5-c5ccccc5)cc4)cc3)ccc12. The number of allylic oxidation sites excluding steroid dienone is 4. The minimum Gasteiger partial charge on any atom is -0.310 e. The van der Waals surface area contributed by atoms with Crippen molar-refractivity contribution < 1.29 is 0 Å². The summed E-state index contributed by atoms with van der Waals surface area (Å²) in [6, 6.07) is 82.4. The summed E-state index contributed by atoms with van der Waals surface area (Å²) >= 11 is 0. The molecule has 0 aromatic heterocycles. The third-order valence-corrected chi connectivity index (χ3v) is 12.7. The van der Waals surface area contributed by atoms with Crippen molar-refractivity contribution in [1.29, 1.82) is 0 Å². The second-order valence-electron chi connectivity index (χ2n) is 15.9. The van der Waals surface area contributed by atoms with Crippen LogP contribution in [0.15, 0.2) is 242 Å². The second kappa shape index (κ2) is 15.0. The Labute approximate surface area is 352 Å². The van der Waals surface area contributed by atoms with Gasteiger partial charge in [-0.2, -0.15) is 0 Å². The predicted octanol–water partition coefficient (Wildman–Crippen LogP) is 15.8. The molecule has 0 aliphatic heterocycles. The Balaban J connectivity index is 0.990. The Bertz CT molecular complexity index is 2990. The molecule has 0 amide bonds. The van der Waals surface area contributed by atoms with Crippen LogP contribution in [0.2, 0.25) is 0 Å². The van der Waals surface area contributed by atoms with Crippen molar-refractivity contribution in [3.8, 4) is 33.4 Å². The summed E-state index contributed by atoms with van der Waals surface area (Å²) in [6.07, 6.45) is 6.79. The molecular weight excluding hydrogens is 723 g/mol. The van der Waals surface area contributed by atoms with Crippen LogP contribution in [0.4, 0.5) is 17.1 Å². The summed E-state index contributed by atoms with van der Waals surface area (Å²) in [6.45, 7) is 0. The molecule has 0 saturated carbocycles. The van der Waals surface area contributed by atoms with E-state index in [4.69, 9.17) is 0 Å². The van der Waals surface area contributed by atoms with E-state index in [-0.39, 0.29) is 5.41 Å². The molecule has 0 fully saturated rings. The molecule has 0 atom stereocenters. The Morgan fingerprint density at radius 3 is 1.62 bits per heavy atom. The zero-order valence-electron chi connectivity index (χ0n) is 33.4. The molecule has 60 heavy (non-hydrogen) atoms. The fourth-order valence-electron chi connectivity index (χ4n) is 9.98. The maximum Gasteiger partial charge on any atom is 0.0677 e. The Morgan fingerprint density at radius 1 is 0.400 bits per heavy atom. The molecule has 0 radical (unpaired) electrons. The van der Waals surface area contributed by atoms with Crippen molar-refractivity contribution in [2.45, 2.75) is 18.3 Å². The van der Waals surface area contributed by atoms with E-state index in [1.807, 2.05) is 0 Å². The topological polar surface area (TPSA) is 3.24 Å². The molecule has 9 aromatic rings. The Kier molecular flexibility index (Phi) is 8.94. The highest BCUT2D eigenvalue weighted by atomic mass is 15.1. The average molecular weight is 766 g/mol. The largest absolute Gasteiger partial charge is 0.310 e. The van der Waals surface area contributed by atoms with Crippen LogP contribution in [0.5, 0.6) is 0 Å². The summed E-state index contributed by atoms with van der Waals surface area (Å²) < 4.78 is 0. The first-order valence-corrected chi connectivity index (χ1v) is 21.1. The standard InChI is InChI=1S/C59H43N/c1-5-18-46(19-6-1)58-52-26-14-13-17-44(52)35-39-53(58)45-31-29-42(30-32-45)43-33-36-50(37-34-43)60(49-24-11-4-12-25-49)51-38-40-55-54-27-15-16-28-56(54)59(57(55)41-51,47-20-7-2-8-21-47)48-22-9-3-10-23-48/h1-15,17-27,29-41H,16,28H2. The van der Waals surface area contributed by atoms with E-state index in [1.54, 1.807) is 0 Å². The van der Waals surface area contributed by atoms with Gasteiger partial charge in [0.1, 0.15) is 0 Å². The van der Waals surface area contributed by atoms with E-state index in [9.17, 15) is 0 Å². The zero-order valence-corrected chi connectivity index (χ0v) is 33.4. The lowest BCUT2D eigenvalue weighted by atomic mass is 9.65. The van der Waals surface area contributed by atoms with E-state index < -0.39 is 0 Å². The van der Waals surface area contributed by atoms with Crippen molar-refractivity contribution in [3.05, 3.63) is 264 Å². The van der Waals surface area contributed by atoms with Gasteiger partial charge in [-0.15, -0.1) is 0 Å². The molecule has 1 nitrogen and oxygen atoms in total. The molecule has 2 aliphatic rings. The van der Waals surface area contributed by atoms with Gasteiger partial charge in [-0.05, 0) is 127 Å². The number of para-hydroxylation sites is 1. The number of hydrogen-bond acceptors (Lipinski definition) is 1. The van der Waals surface area contributed by atoms with E-state index in [1.165, 1.54) is 77.6 Å². The average Bonchev–Trinajstić information content (AvgIpc) is 3.63. The molecule has 11 rings (SSSR count). The predicted molar refractivity (Wildman–Crippen MR) is 253 cm³/mol. The molecule has 2 aliphatic carbocycles. The van der Waals surface area contributed by atoms with Gasteiger partial charge in [0.05, 0.1) is 5.41 Å². The van der Waals surface area contributed by atoms with Crippen LogP contribution in [0.3, 0.4) is 0 Å². The minimum absolute atomic E-state index is 0.388. The summed E-state index contributed by atoms with van der Waals surface area (Å²) in [5.41, 5.74) is 18.5. The lowest BCUT2D eigenvalue weighted by Gasteiger charge is -2.37. The van der Waals surface area contributed by atoms with Crippen molar-refractivity contribution in [3.63, 3.8) is 0 Å². The van der Waals surface area contributed by atoms with Gasteiger partial charge in [-0.25, -0.2) is 0 Å². The maximum absolute atomic E-state index is 2.47. The van der Waals surface area contributed by atoms with Crippen LogP contribution in [-0.4, -0.2) is 0 Å². The van der Waals surface area contributed by atoms with E-state index in [2.05, 4.69) is 242 Å². The number of fused-ring (bicyclic) bond motifs is 3. The molecule has 0 unspecified atom stereocenters. The van der Waals surface area contributed by atoms with Crippen molar-refractivity contribution in [1.82, 2.24) is 0 Å². The fraction of sp³-hybridized carbons (Fsp3) is 0.0508. The van der Waals surface area contributed by atoms with Crippen molar-refractivity contribution >= 4 is 33.4 Å². The Morgan fingerprint density at radius 2 is 0.933 bits per heavy atom. The summed E-state index contributed by atoms with van der Waals surface area (Å²) in [7, 11) is 0. The molecule has 0 saturated heterocycles. The monoisotopic (exact) mass is 765 g/mol. The highest BCUT2D eigenvalue weighted by molar-refractivity contribution is 6.04. The Hall–Kier alpha value is -7.48. The van der Waals surface area contributed by atoms with Crippen LogP contribution >= 0.6 is 0 Å². The van der Waals surface area contributed by atoms with Crippen LogP contribution in [0, 0.1) is 0 Å². The highest BCUT2D eigenvalue weighted by Gasteiger charge is 2.47. The number of benzene rings is 9. The number of hydrogen-bond donors (Lipinski definition) is 0. The fourth-order valence-corrected chi connectivity index (χ4v) is 9.98. The lowest BCUT2D eigenvalue weighted by molar-refractivity contribution is 0.696. The normalized spacial score (nSPS) is 13.9. The van der Waals surface area contributed by atoms with Gasteiger partial charge in [0.25, 0.3) is 0 Å². The lowest BCUT2D eigenvalue weighted by Crippen LogP contribution is -2.30. The number of rotatable bonds is 8. The smallest absolute Gasteiger partial charge is 0.0677 e. The first-order chi connectivity index (χ1) is 29.8. The zero-order chi connectivity index (χ0) is 39.9. The van der Waals surface area contributed by atoms with Gasteiger partial charge in [-0.3, -0.25) is 0 Å². The van der Waals surface area contributed by atoms with Crippen LogP contribution in [0.1, 0.15) is 35.1 Å². The first-order valence-electron chi connectivity index (χ1n) is 21.1. The van der Waals surface area contributed by atoms with Gasteiger partial charge in [0.2, 0.25) is 0 Å². The molecule has 0 spiro atoms. The quantitative estimate of drug-likeness (QED) is 0.149. The number of nitrogens with zero attached hydrogens (tertiary/aromatic N) is 1. The van der Waals surface area contributed by atoms with Gasteiger partial charge < -0.3 is 4.90 Å². The molecule has 0 heterocycles. The minimum atomic E-state index is -0.388. The molecular formula is C59H43N. The summed E-state index contributed by atoms with van der Waals surface area (Å²) in [4.78, 5) is 2.41. The summed E-state index contributed by atoms with van der Waals surface area (Å²) in [5, 5.41) is 2.52. The van der Waals surface area contributed by atoms with Crippen LogP contribution in [-0.2, 0) is 5.41 Å². The molecule has 9 aromatic carbocycles. The van der Waals surface area contributed by atoms with Gasteiger partial charge in [-0.1, -0.05) is 200 Å². The van der Waals surface area contributed by atoms with Crippen LogP contribution in [0.25, 0.3) is 49.7 Å². The van der Waals surface area contributed by atoms with Gasteiger partial charge in [0.15, 0.2) is 0 Å². The highest BCUT2D eigenvalue weighted by Crippen LogP contribution is 2.58. The van der Waals surface area contributed by atoms with Gasteiger partial charge in [0, 0.05) is 17.1 Å². The first kappa shape index (κ1) is 35.7. The third-order valence-electron chi connectivity index (χ3n) is 12.7. The molecule has 284 valence electrons. The third kappa shape index (κ3) is 5.93. The second-order valence-corrected chi connectivity index (χ2v) is 15.9.